The molecule has 1 saturated heterocycles. The lowest BCUT2D eigenvalue weighted by Crippen LogP contribution is -2.38. The van der Waals surface area contributed by atoms with Crippen LogP contribution >= 0.6 is 0 Å². The van der Waals surface area contributed by atoms with Crippen molar-refractivity contribution in [2.24, 2.45) is 5.92 Å². The van der Waals surface area contributed by atoms with E-state index in [2.05, 4.69) is 5.32 Å². The van der Waals surface area contributed by atoms with E-state index >= 15 is 0 Å². The van der Waals surface area contributed by atoms with Crippen LogP contribution in [-0.2, 0) is 20.5 Å². The predicted molar refractivity (Wildman–Crippen MR) is 95.2 cm³/mol. The van der Waals surface area contributed by atoms with Gasteiger partial charge in [0, 0.05) is 25.2 Å². The van der Waals surface area contributed by atoms with Crippen LogP contribution in [0.1, 0.15) is 31.2 Å². The second-order valence-corrected chi connectivity index (χ2v) is 7.17. The lowest BCUT2D eigenvalue weighted by molar-refractivity contribution is -0.384. The lowest BCUT2D eigenvalue weighted by Gasteiger charge is -2.32. The first-order valence-electron chi connectivity index (χ1n) is 9.21. The van der Waals surface area contributed by atoms with Crippen molar-refractivity contribution < 1.29 is 32.4 Å². The Bertz CT molecular complexity index is 802. The van der Waals surface area contributed by atoms with E-state index < -0.39 is 34.2 Å². The third-order valence-corrected chi connectivity index (χ3v) is 4.96. The standard InChI is InChI=1S/C18H20F3N3O5/c19-18(20,21)12-1-4-14(15(9-12)24(27)28)23-7-5-11(6-8-23)17(26)29-10-16(25)22-13-2-3-13/h1,4,9,11,13H,2-3,5-8,10H2,(H,22,25). The van der Waals surface area contributed by atoms with Crippen molar-refractivity contribution in [2.45, 2.75) is 37.9 Å². The molecular weight excluding hydrogens is 395 g/mol. The highest BCUT2D eigenvalue weighted by atomic mass is 19.4. The topological polar surface area (TPSA) is 102 Å². The van der Waals surface area contributed by atoms with Gasteiger partial charge in [0.15, 0.2) is 6.61 Å². The summed E-state index contributed by atoms with van der Waals surface area (Å²) in [5, 5.41) is 13.9. The first kappa shape index (κ1) is 20.9. The molecule has 29 heavy (non-hydrogen) atoms. The number of esters is 1. The molecule has 0 bridgehead atoms. The maximum absolute atomic E-state index is 12.8. The smallest absolute Gasteiger partial charge is 0.416 e. The molecule has 1 saturated carbocycles. The van der Waals surface area contributed by atoms with Crippen LogP contribution in [0.4, 0.5) is 24.5 Å². The van der Waals surface area contributed by atoms with Gasteiger partial charge < -0.3 is 15.0 Å². The van der Waals surface area contributed by atoms with Crippen LogP contribution in [0.15, 0.2) is 18.2 Å². The monoisotopic (exact) mass is 415 g/mol. The molecule has 11 heteroatoms. The van der Waals surface area contributed by atoms with Crippen molar-refractivity contribution >= 4 is 23.3 Å². The number of benzene rings is 1. The van der Waals surface area contributed by atoms with Gasteiger partial charge in [-0.25, -0.2) is 0 Å². The molecule has 1 aromatic carbocycles. The van der Waals surface area contributed by atoms with Gasteiger partial charge in [-0.15, -0.1) is 0 Å². The van der Waals surface area contributed by atoms with Gasteiger partial charge in [-0.05, 0) is 37.8 Å². The van der Waals surface area contributed by atoms with E-state index in [9.17, 15) is 32.9 Å². The number of rotatable bonds is 6. The fourth-order valence-electron chi connectivity index (χ4n) is 3.22. The van der Waals surface area contributed by atoms with E-state index in [1.54, 1.807) is 4.90 Å². The minimum atomic E-state index is -4.67. The number of carbonyl (C=O) groups excluding carboxylic acids is 2. The van der Waals surface area contributed by atoms with Gasteiger partial charge >= 0.3 is 12.1 Å². The van der Waals surface area contributed by atoms with Crippen LogP contribution in [0.25, 0.3) is 0 Å². The molecule has 0 radical (unpaired) electrons. The molecule has 1 amide bonds. The molecule has 1 heterocycles. The van der Waals surface area contributed by atoms with E-state index in [-0.39, 0.29) is 37.3 Å². The molecule has 1 aliphatic heterocycles. The normalized spacial score (nSPS) is 17.7. The summed E-state index contributed by atoms with van der Waals surface area (Å²) < 4.78 is 43.5. The Morgan fingerprint density at radius 2 is 1.86 bits per heavy atom. The average molecular weight is 415 g/mol. The SMILES string of the molecule is O=C(COC(=O)C1CCN(c2ccc(C(F)(F)F)cc2[N+](=O)[O-])CC1)NC1CC1. The van der Waals surface area contributed by atoms with Gasteiger partial charge in [-0.2, -0.15) is 13.2 Å². The Morgan fingerprint density at radius 1 is 1.21 bits per heavy atom. The third-order valence-electron chi connectivity index (χ3n) is 4.96. The molecule has 1 aliphatic carbocycles. The Labute approximate surface area is 164 Å². The molecule has 8 nitrogen and oxygen atoms in total. The average Bonchev–Trinajstić information content (AvgIpc) is 3.49. The van der Waals surface area contributed by atoms with Crippen LogP contribution in [0.3, 0.4) is 0 Å². The first-order valence-corrected chi connectivity index (χ1v) is 9.21. The second-order valence-electron chi connectivity index (χ2n) is 7.17. The van der Waals surface area contributed by atoms with Crippen LogP contribution in [0.5, 0.6) is 0 Å². The van der Waals surface area contributed by atoms with E-state index in [1.807, 2.05) is 0 Å². The van der Waals surface area contributed by atoms with Crippen LogP contribution in [0.2, 0.25) is 0 Å². The fourth-order valence-corrected chi connectivity index (χ4v) is 3.22. The predicted octanol–water partition coefficient (Wildman–Crippen LogP) is 2.65. The van der Waals surface area contributed by atoms with E-state index in [0.717, 1.165) is 25.0 Å². The molecular formula is C18H20F3N3O5. The Balaban J connectivity index is 1.57. The van der Waals surface area contributed by atoms with Gasteiger partial charge in [-0.3, -0.25) is 19.7 Å². The van der Waals surface area contributed by atoms with Gasteiger partial charge in [0.1, 0.15) is 5.69 Å². The molecule has 2 fully saturated rings. The molecule has 158 valence electrons. The highest BCUT2D eigenvalue weighted by Gasteiger charge is 2.35. The van der Waals surface area contributed by atoms with Crippen LogP contribution in [0, 0.1) is 16.0 Å². The molecule has 0 unspecified atom stereocenters. The number of anilines is 1. The Kier molecular flexibility index (Phi) is 5.94. The molecule has 1 N–H and O–H groups in total. The van der Waals surface area contributed by atoms with Gasteiger partial charge in [-0.1, -0.05) is 0 Å². The van der Waals surface area contributed by atoms with E-state index in [1.165, 1.54) is 0 Å². The number of nitrogens with one attached hydrogen (secondary N) is 1. The number of piperidine rings is 1. The number of hydrogen-bond donors (Lipinski definition) is 1. The Hall–Kier alpha value is -2.85. The van der Waals surface area contributed by atoms with Crippen molar-refractivity contribution in [1.82, 2.24) is 5.32 Å². The lowest BCUT2D eigenvalue weighted by atomic mass is 9.96. The zero-order chi connectivity index (χ0) is 21.2. The number of nitro groups is 1. The number of nitro benzene ring substituents is 1. The number of hydrogen-bond acceptors (Lipinski definition) is 6. The molecule has 0 spiro atoms. The minimum absolute atomic E-state index is 0.0821. The molecule has 1 aromatic rings. The molecule has 3 rings (SSSR count). The summed E-state index contributed by atoms with van der Waals surface area (Å²) in [6.45, 7) is 0.153. The number of ether oxygens (including phenoxy) is 1. The summed E-state index contributed by atoms with van der Waals surface area (Å²) in [6, 6.07) is 2.58. The second kappa shape index (κ2) is 8.26. The maximum Gasteiger partial charge on any atom is 0.416 e. The van der Waals surface area contributed by atoms with E-state index in [0.29, 0.717) is 18.9 Å². The zero-order valence-corrected chi connectivity index (χ0v) is 15.4. The number of carbonyl (C=O) groups is 2. The quantitative estimate of drug-likeness (QED) is 0.435. The molecule has 0 atom stereocenters. The van der Waals surface area contributed by atoms with Gasteiger partial charge in [0.25, 0.3) is 11.6 Å². The fraction of sp³-hybridized carbons (Fsp3) is 0.556. The van der Waals surface area contributed by atoms with Crippen molar-refractivity contribution in [1.29, 1.82) is 0 Å². The summed E-state index contributed by atoms with van der Waals surface area (Å²) in [5.41, 5.74) is -1.63. The van der Waals surface area contributed by atoms with Gasteiger partial charge in [0.05, 0.1) is 16.4 Å². The maximum atomic E-state index is 12.8. The Morgan fingerprint density at radius 3 is 2.41 bits per heavy atom. The summed E-state index contributed by atoms with van der Waals surface area (Å²) in [6.07, 6.45) is -2.18. The number of amides is 1. The minimum Gasteiger partial charge on any atom is -0.455 e. The number of halogens is 3. The highest BCUT2D eigenvalue weighted by Crippen LogP contribution is 2.37. The molecule has 2 aliphatic rings. The van der Waals surface area contributed by atoms with Crippen molar-refractivity contribution in [3.8, 4) is 0 Å². The number of alkyl halides is 3. The van der Waals surface area contributed by atoms with Crippen LogP contribution in [-0.4, -0.2) is 42.5 Å². The van der Waals surface area contributed by atoms with Crippen LogP contribution < -0.4 is 10.2 Å². The highest BCUT2D eigenvalue weighted by molar-refractivity contribution is 5.81. The summed E-state index contributed by atoms with van der Waals surface area (Å²) in [5.74, 6) is -1.33. The van der Waals surface area contributed by atoms with Crippen molar-refractivity contribution in [3.05, 3.63) is 33.9 Å². The van der Waals surface area contributed by atoms with Gasteiger partial charge in [0.2, 0.25) is 0 Å². The van der Waals surface area contributed by atoms with Crippen molar-refractivity contribution in [2.75, 3.05) is 24.6 Å². The molecule has 0 aromatic heterocycles. The van der Waals surface area contributed by atoms with E-state index in [4.69, 9.17) is 4.74 Å². The first-order chi connectivity index (χ1) is 13.6. The number of nitrogens with zero attached hydrogens (tertiary/aromatic N) is 2. The zero-order valence-electron chi connectivity index (χ0n) is 15.4. The summed E-state index contributed by atoms with van der Waals surface area (Å²) >= 11 is 0. The van der Waals surface area contributed by atoms with Crippen molar-refractivity contribution in [3.63, 3.8) is 0 Å². The summed E-state index contributed by atoms with van der Waals surface area (Å²) in [4.78, 5) is 35.7. The summed E-state index contributed by atoms with van der Waals surface area (Å²) in [7, 11) is 0. The largest absolute Gasteiger partial charge is 0.455 e. The third kappa shape index (κ3) is 5.36.